The number of hydrogen-bond donors (Lipinski definition) is 1. The maximum absolute atomic E-state index is 10.8. The Morgan fingerprint density at radius 1 is 1.31 bits per heavy atom. The Balaban J connectivity index is 4.05. The molecule has 0 aliphatic rings. The van der Waals surface area contributed by atoms with Gasteiger partial charge in [-0.05, 0) is 6.42 Å². The highest BCUT2D eigenvalue weighted by atomic mass is 28.4. The number of nitrogens with zero attached hydrogens (tertiary/aromatic N) is 3. The van der Waals surface area contributed by atoms with Crippen molar-refractivity contribution in [3.8, 4) is 0 Å². The number of hydrazine groups is 1. The first-order valence-corrected chi connectivity index (χ1v) is 6.67. The molecule has 0 atom stereocenters. The van der Waals surface area contributed by atoms with Crippen molar-refractivity contribution >= 4 is 8.80 Å². The maximum Gasteiger partial charge on any atom is 0.500 e. The highest BCUT2D eigenvalue weighted by Gasteiger charge is 2.37. The van der Waals surface area contributed by atoms with Gasteiger partial charge in [0.05, 0.1) is 18.6 Å². The largest absolute Gasteiger partial charge is 0.569 e. The summed E-state index contributed by atoms with van der Waals surface area (Å²) in [4.78, 5) is 0.107. The smallest absolute Gasteiger partial charge is 0.500 e. The normalized spacial score (nSPS) is 12.9. The minimum atomic E-state index is -2.57. The predicted molar refractivity (Wildman–Crippen MR) is 56.7 cm³/mol. The van der Waals surface area contributed by atoms with Crippen LogP contribution in [0.3, 0.4) is 0 Å². The molecule has 1 N–H and O–H groups in total. The van der Waals surface area contributed by atoms with Crippen molar-refractivity contribution in [3.05, 3.63) is 5.21 Å². The van der Waals surface area contributed by atoms with E-state index in [-0.39, 0.29) is 4.97 Å². The van der Waals surface area contributed by atoms with Crippen LogP contribution >= 0.6 is 0 Å². The lowest BCUT2D eigenvalue weighted by atomic mass is 10.5. The van der Waals surface area contributed by atoms with Crippen molar-refractivity contribution in [2.45, 2.75) is 12.5 Å². The monoisotopic (exact) mass is 253 g/mol. The van der Waals surface area contributed by atoms with Crippen molar-refractivity contribution in [1.82, 2.24) is 5.01 Å². The zero-order valence-corrected chi connectivity index (χ0v) is 11.0. The third-order valence-corrected chi connectivity index (χ3v) is 5.10. The average Bonchev–Trinajstić information content (AvgIpc) is 2.34. The van der Waals surface area contributed by atoms with E-state index in [0.29, 0.717) is 19.0 Å². The summed E-state index contributed by atoms with van der Waals surface area (Å²) in [6.45, 7) is 0.415. The van der Waals surface area contributed by atoms with Gasteiger partial charge in [-0.15, -0.1) is 5.01 Å². The molecule has 0 unspecified atom stereocenters. The van der Waals surface area contributed by atoms with Crippen molar-refractivity contribution in [2.75, 3.05) is 34.9 Å². The Bertz CT molecular complexity index is 216. The van der Waals surface area contributed by atoms with Gasteiger partial charge >= 0.3 is 8.80 Å². The van der Waals surface area contributed by atoms with Crippen LogP contribution in [0.2, 0.25) is 6.04 Å². The molecule has 0 fully saturated rings. The molecule has 0 spiro atoms. The molecule has 9 heteroatoms. The van der Waals surface area contributed by atoms with Crippen LogP contribution in [-0.4, -0.2) is 58.9 Å². The Morgan fingerprint density at radius 2 is 1.81 bits per heavy atom. The minimum absolute atomic E-state index is 0.107. The zero-order valence-electron chi connectivity index (χ0n) is 10.0. The first-order valence-electron chi connectivity index (χ1n) is 4.74. The lowest BCUT2D eigenvalue weighted by Gasteiger charge is -2.24. The van der Waals surface area contributed by atoms with Crippen LogP contribution < -0.4 is 0 Å². The molecule has 16 heavy (non-hydrogen) atoms. The van der Waals surface area contributed by atoms with Gasteiger partial charge in [-0.25, -0.2) is 0 Å². The van der Waals surface area contributed by atoms with Gasteiger partial charge < -0.3 is 23.7 Å². The summed E-state index contributed by atoms with van der Waals surface area (Å²) >= 11 is 0. The zero-order chi connectivity index (χ0) is 12.6. The SMILES string of the molecule is CO[Si](CCCN(C)[N+]([O-])=NO)(OC)OC. The summed E-state index contributed by atoms with van der Waals surface area (Å²) in [6, 6.07) is 0.583. The van der Waals surface area contributed by atoms with E-state index in [1.807, 2.05) is 0 Å². The van der Waals surface area contributed by atoms with Crippen LogP contribution in [0, 0.1) is 5.21 Å². The molecule has 0 saturated carbocycles. The topological polar surface area (TPSA) is 89.6 Å². The van der Waals surface area contributed by atoms with Gasteiger partial charge in [0.25, 0.3) is 0 Å². The molecule has 96 valence electrons. The first-order chi connectivity index (χ1) is 7.55. The standard InChI is InChI=1S/C7H19N3O5Si/c1-9(10(12)8-11)6-5-7-16(13-2,14-3)15-4/h11H,5-7H2,1-4H3. The number of hydrogen-bond acceptors (Lipinski definition) is 5. The van der Waals surface area contributed by atoms with Gasteiger partial charge in [-0.2, -0.15) is 0 Å². The second-order valence-electron chi connectivity index (χ2n) is 3.12. The number of rotatable bonds is 8. The lowest BCUT2D eigenvalue weighted by molar-refractivity contribution is -0.704. The molecule has 0 aliphatic heterocycles. The molecule has 0 bridgehead atoms. The van der Waals surface area contributed by atoms with Gasteiger partial charge in [0, 0.05) is 27.4 Å². The second kappa shape index (κ2) is 7.38. The fraction of sp³-hybridized carbons (Fsp3) is 1.00. The summed E-state index contributed by atoms with van der Waals surface area (Å²) in [7, 11) is 3.55. The van der Waals surface area contributed by atoms with Crippen molar-refractivity contribution in [1.29, 1.82) is 0 Å². The third-order valence-electron chi connectivity index (χ3n) is 2.27. The second-order valence-corrected chi connectivity index (χ2v) is 6.21. The molecule has 0 aliphatic carbocycles. The van der Waals surface area contributed by atoms with Gasteiger partial charge in [-0.3, -0.25) is 0 Å². The van der Waals surface area contributed by atoms with E-state index in [0.717, 1.165) is 0 Å². The highest BCUT2D eigenvalue weighted by molar-refractivity contribution is 6.60. The van der Waals surface area contributed by atoms with E-state index < -0.39 is 8.80 Å². The molecule has 0 aromatic heterocycles. The molecule has 8 nitrogen and oxygen atoms in total. The summed E-state index contributed by atoms with van der Waals surface area (Å²) in [5.74, 6) is 0. The Morgan fingerprint density at radius 3 is 2.19 bits per heavy atom. The summed E-state index contributed by atoms with van der Waals surface area (Å²) in [6.07, 6.45) is 0.631. The molecule has 0 saturated heterocycles. The summed E-state index contributed by atoms with van der Waals surface area (Å²) in [5.41, 5.74) is 0. The van der Waals surface area contributed by atoms with E-state index in [1.54, 1.807) is 0 Å². The molecular formula is C7H19N3O5Si. The Kier molecular flexibility index (Phi) is 6.97. The van der Waals surface area contributed by atoms with Gasteiger partial charge in [-0.1, -0.05) is 0 Å². The molecule has 0 rings (SSSR count). The average molecular weight is 253 g/mol. The fourth-order valence-electron chi connectivity index (χ4n) is 1.23. The molecule has 0 amide bonds. The minimum Gasteiger partial charge on any atom is -0.569 e. The first kappa shape index (κ1) is 15.1. The third kappa shape index (κ3) is 4.31. The van der Waals surface area contributed by atoms with Crippen LogP contribution in [0.15, 0.2) is 5.28 Å². The van der Waals surface area contributed by atoms with Crippen LogP contribution in [0.4, 0.5) is 0 Å². The van der Waals surface area contributed by atoms with Crippen LogP contribution in [0.25, 0.3) is 0 Å². The van der Waals surface area contributed by atoms with Crippen molar-refractivity contribution in [2.24, 2.45) is 5.28 Å². The highest BCUT2D eigenvalue weighted by Crippen LogP contribution is 2.14. The van der Waals surface area contributed by atoms with Gasteiger partial charge in [0.15, 0.2) is 0 Å². The molecule has 0 aromatic carbocycles. The van der Waals surface area contributed by atoms with Crippen molar-refractivity contribution < 1.29 is 23.5 Å². The van der Waals surface area contributed by atoms with Crippen molar-refractivity contribution in [3.63, 3.8) is 0 Å². The molecule has 0 radical (unpaired) electrons. The van der Waals surface area contributed by atoms with E-state index in [9.17, 15) is 5.21 Å². The fourth-order valence-corrected chi connectivity index (χ4v) is 2.94. The molecule has 0 heterocycles. The van der Waals surface area contributed by atoms with Crippen LogP contribution in [0.5, 0.6) is 0 Å². The van der Waals surface area contributed by atoms with E-state index in [4.69, 9.17) is 18.5 Å². The quantitative estimate of drug-likeness (QED) is 0.292. The van der Waals surface area contributed by atoms with E-state index in [2.05, 4.69) is 5.28 Å². The van der Waals surface area contributed by atoms with Crippen LogP contribution in [-0.2, 0) is 13.3 Å². The molecular weight excluding hydrogens is 234 g/mol. The Labute approximate surface area is 95.9 Å². The van der Waals surface area contributed by atoms with Crippen LogP contribution in [0.1, 0.15) is 6.42 Å². The van der Waals surface area contributed by atoms with E-state index >= 15 is 0 Å². The summed E-state index contributed by atoms with van der Waals surface area (Å²) < 4.78 is 15.6. The van der Waals surface area contributed by atoms with Gasteiger partial charge in [0.2, 0.25) is 5.28 Å². The molecule has 0 aromatic rings. The maximum atomic E-state index is 10.8. The predicted octanol–water partition coefficient (Wildman–Crippen LogP) is 0.453. The Hall–Kier alpha value is -0.903. The van der Waals surface area contributed by atoms with E-state index in [1.165, 1.54) is 33.4 Å². The van der Waals surface area contributed by atoms with Gasteiger partial charge in [0.1, 0.15) is 0 Å². The summed E-state index contributed by atoms with van der Waals surface area (Å²) in [5, 5.41) is 22.8. The lowest BCUT2D eigenvalue weighted by Crippen LogP contribution is -2.43.